The topological polar surface area (TPSA) is 15.3 Å². The van der Waals surface area contributed by atoms with Crippen LogP contribution in [-0.4, -0.2) is 31.6 Å². The van der Waals surface area contributed by atoms with Crippen molar-refractivity contribution in [3.8, 4) is 0 Å². The molecule has 0 aliphatic carbocycles. The zero-order chi connectivity index (χ0) is 11.8. The second-order valence-electron chi connectivity index (χ2n) is 4.28. The van der Waals surface area contributed by atoms with E-state index in [0.29, 0.717) is 6.04 Å². The summed E-state index contributed by atoms with van der Waals surface area (Å²) < 4.78 is 0. The Kier molecular flexibility index (Phi) is 6.12. The molecule has 90 valence electrons. The largest absolute Gasteiger partial charge is 0.309 e. The van der Waals surface area contributed by atoms with Crippen molar-refractivity contribution in [1.82, 2.24) is 10.2 Å². The van der Waals surface area contributed by atoms with Crippen molar-refractivity contribution >= 4 is 0 Å². The molecule has 0 bridgehead atoms. The van der Waals surface area contributed by atoms with Crippen LogP contribution in [0.2, 0.25) is 0 Å². The van der Waals surface area contributed by atoms with E-state index in [-0.39, 0.29) is 0 Å². The van der Waals surface area contributed by atoms with E-state index in [1.165, 1.54) is 12.0 Å². The van der Waals surface area contributed by atoms with Crippen molar-refractivity contribution < 1.29 is 0 Å². The summed E-state index contributed by atoms with van der Waals surface area (Å²) in [5, 5.41) is 3.55. The quantitative estimate of drug-likeness (QED) is 0.760. The van der Waals surface area contributed by atoms with Gasteiger partial charge in [0.1, 0.15) is 0 Å². The summed E-state index contributed by atoms with van der Waals surface area (Å²) in [4.78, 5) is 2.39. The predicted molar refractivity (Wildman–Crippen MR) is 70.6 cm³/mol. The zero-order valence-electron chi connectivity index (χ0n) is 10.7. The fraction of sp³-hybridized carbons (Fsp3) is 0.571. The van der Waals surface area contributed by atoms with Crippen molar-refractivity contribution in [2.24, 2.45) is 0 Å². The van der Waals surface area contributed by atoms with E-state index >= 15 is 0 Å². The van der Waals surface area contributed by atoms with Crippen molar-refractivity contribution in [2.75, 3.05) is 26.7 Å². The van der Waals surface area contributed by atoms with Crippen LogP contribution in [0.5, 0.6) is 0 Å². The van der Waals surface area contributed by atoms with Gasteiger partial charge in [-0.1, -0.05) is 44.2 Å². The van der Waals surface area contributed by atoms with E-state index < -0.39 is 0 Å². The Hall–Kier alpha value is -0.860. The molecular formula is C14H24N2. The van der Waals surface area contributed by atoms with Gasteiger partial charge in [0.2, 0.25) is 0 Å². The van der Waals surface area contributed by atoms with Crippen LogP contribution in [0.4, 0.5) is 0 Å². The molecule has 0 heterocycles. The molecule has 0 aromatic heterocycles. The second-order valence-corrected chi connectivity index (χ2v) is 4.28. The number of nitrogens with one attached hydrogen (secondary N) is 1. The molecule has 2 nitrogen and oxygen atoms in total. The van der Waals surface area contributed by atoms with E-state index in [9.17, 15) is 0 Å². The highest BCUT2D eigenvalue weighted by Crippen LogP contribution is 2.13. The molecule has 0 aliphatic heterocycles. The van der Waals surface area contributed by atoms with Crippen LogP contribution in [-0.2, 0) is 0 Å². The van der Waals surface area contributed by atoms with Crippen LogP contribution >= 0.6 is 0 Å². The number of hydrogen-bond acceptors (Lipinski definition) is 2. The summed E-state index contributed by atoms with van der Waals surface area (Å²) in [6, 6.07) is 11.1. The molecule has 1 N–H and O–H groups in total. The van der Waals surface area contributed by atoms with Gasteiger partial charge in [0.25, 0.3) is 0 Å². The first kappa shape index (κ1) is 13.2. The van der Waals surface area contributed by atoms with E-state index in [4.69, 9.17) is 0 Å². The SMILES string of the molecule is CCCN(C)CC(NCC)c1ccccc1. The first-order chi connectivity index (χ1) is 7.77. The van der Waals surface area contributed by atoms with Gasteiger partial charge in [-0.15, -0.1) is 0 Å². The van der Waals surface area contributed by atoms with Crippen LogP contribution in [0, 0.1) is 0 Å². The summed E-state index contributed by atoms with van der Waals surface area (Å²) in [5.41, 5.74) is 1.38. The van der Waals surface area contributed by atoms with Crippen molar-refractivity contribution in [3.05, 3.63) is 35.9 Å². The maximum atomic E-state index is 3.55. The Morgan fingerprint density at radius 1 is 1.19 bits per heavy atom. The van der Waals surface area contributed by atoms with Crippen molar-refractivity contribution in [2.45, 2.75) is 26.3 Å². The molecule has 1 unspecified atom stereocenters. The van der Waals surface area contributed by atoms with E-state index in [0.717, 1.165) is 19.6 Å². The Morgan fingerprint density at radius 3 is 2.44 bits per heavy atom. The third-order valence-corrected chi connectivity index (χ3v) is 2.75. The number of benzene rings is 1. The van der Waals surface area contributed by atoms with Crippen LogP contribution in [0.3, 0.4) is 0 Å². The van der Waals surface area contributed by atoms with Gasteiger partial charge in [-0.2, -0.15) is 0 Å². The minimum Gasteiger partial charge on any atom is -0.309 e. The normalized spacial score (nSPS) is 13.0. The molecule has 0 spiro atoms. The fourth-order valence-electron chi connectivity index (χ4n) is 2.00. The molecule has 0 amide bonds. The molecule has 1 aromatic carbocycles. The Labute approximate surface area is 99.7 Å². The lowest BCUT2D eigenvalue weighted by atomic mass is 10.1. The zero-order valence-corrected chi connectivity index (χ0v) is 10.7. The predicted octanol–water partition coefficient (Wildman–Crippen LogP) is 2.68. The first-order valence-electron chi connectivity index (χ1n) is 6.24. The monoisotopic (exact) mass is 220 g/mol. The van der Waals surface area contributed by atoms with Gasteiger partial charge >= 0.3 is 0 Å². The fourth-order valence-corrected chi connectivity index (χ4v) is 2.00. The maximum absolute atomic E-state index is 3.55. The highest BCUT2D eigenvalue weighted by molar-refractivity contribution is 5.19. The van der Waals surface area contributed by atoms with Gasteiger partial charge < -0.3 is 10.2 Å². The molecule has 0 saturated carbocycles. The highest BCUT2D eigenvalue weighted by Gasteiger charge is 2.11. The Balaban J connectivity index is 2.60. The molecule has 1 atom stereocenters. The van der Waals surface area contributed by atoms with Gasteiger partial charge in [0.05, 0.1) is 0 Å². The molecule has 0 radical (unpaired) electrons. The average Bonchev–Trinajstić information content (AvgIpc) is 2.30. The molecule has 1 aromatic rings. The van der Waals surface area contributed by atoms with E-state index in [2.05, 4.69) is 61.4 Å². The van der Waals surface area contributed by atoms with Crippen molar-refractivity contribution in [1.29, 1.82) is 0 Å². The molecule has 1 rings (SSSR count). The van der Waals surface area contributed by atoms with Crippen LogP contribution in [0.15, 0.2) is 30.3 Å². The number of rotatable bonds is 7. The summed E-state index contributed by atoms with van der Waals surface area (Å²) in [5.74, 6) is 0. The molecule has 0 saturated heterocycles. The minimum absolute atomic E-state index is 0.447. The molecule has 16 heavy (non-hydrogen) atoms. The second kappa shape index (κ2) is 7.42. The third kappa shape index (κ3) is 4.33. The number of nitrogens with zero attached hydrogens (tertiary/aromatic N) is 1. The van der Waals surface area contributed by atoms with Gasteiger partial charge in [-0.05, 0) is 32.1 Å². The number of likely N-dealkylation sites (N-methyl/N-ethyl adjacent to an activating group) is 2. The van der Waals surface area contributed by atoms with Gasteiger partial charge in [0, 0.05) is 12.6 Å². The lowest BCUT2D eigenvalue weighted by molar-refractivity contribution is 0.292. The molecule has 2 heteroatoms. The van der Waals surface area contributed by atoms with E-state index in [1.807, 2.05) is 0 Å². The van der Waals surface area contributed by atoms with Crippen molar-refractivity contribution in [3.63, 3.8) is 0 Å². The Morgan fingerprint density at radius 2 is 1.88 bits per heavy atom. The summed E-state index contributed by atoms with van der Waals surface area (Å²) >= 11 is 0. The van der Waals surface area contributed by atoms with Crippen LogP contribution < -0.4 is 5.32 Å². The number of hydrogen-bond donors (Lipinski definition) is 1. The lowest BCUT2D eigenvalue weighted by Gasteiger charge is -2.24. The standard InChI is InChI=1S/C14H24N2/c1-4-11-16(3)12-14(15-5-2)13-9-7-6-8-10-13/h6-10,14-15H,4-5,11-12H2,1-3H3. The summed E-state index contributed by atoms with van der Waals surface area (Å²) in [6.45, 7) is 7.64. The van der Waals surface area contributed by atoms with Gasteiger partial charge in [-0.25, -0.2) is 0 Å². The van der Waals surface area contributed by atoms with Crippen LogP contribution in [0.1, 0.15) is 31.9 Å². The Bertz CT molecular complexity index is 271. The molecule has 0 fully saturated rings. The van der Waals surface area contributed by atoms with Gasteiger partial charge in [-0.3, -0.25) is 0 Å². The molecular weight excluding hydrogens is 196 g/mol. The maximum Gasteiger partial charge on any atom is 0.0449 e. The minimum atomic E-state index is 0.447. The highest BCUT2D eigenvalue weighted by atomic mass is 15.1. The lowest BCUT2D eigenvalue weighted by Crippen LogP contribution is -2.33. The van der Waals surface area contributed by atoms with Crippen LogP contribution in [0.25, 0.3) is 0 Å². The van der Waals surface area contributed by atoms with E-state index in [1.54, 1.807) is 0 Å². The average molecular weight is 220 g/mol. The third-order valence-electron chi connectivity index (χ3n) is 2.75. The summed E-state index contributed by atoms with van der Waals surface area (Å²) in [6.07, 6.45) is 1.21. The molecule has 0 aliphatic rings. The smallest absolute Gasteiger partial charge is 0.0449 e. The first-order valence-corrected chi connectivity index (χ1v) is 6.24. The van der Waals surface area contributed by atoms with Gasteiger partial charge in [0.15, 0.2) is 0 Å². The summed E-state index contributed by atoms with van der Waals surface area (Å²) in [7, 11) is 2.19.